The third-order valence-electron chi connectivity index (χ3n) is 11.4. The summed E-state index contributed by atoms with van der Waals surface area (Å²) in [4.78, 5) is 69.2. The summed E-state index contributed by atoms with van der Waals surface area (Å²) in [5.41, 5.74) is 1.53. The first-order valence-electron chi connectivity index (χ1n) is 22.6. The van der Waals surface area contributed by atoms with Crippen LogP contribution in [0, 0.1) is 0 Å². The third-order valence-corrected chi connectivity index (χ3v) is 14.0. The molecule has 15 heteroatoms. The van der Waals surface area contributed by atoms with Crippen LogP contribution in [0.1, 0.15) is 74.2 Å². The number of thiazole rings is 1. The molecular weight excluding hydrogens is 1030 g/mol. The molecule has 1 unspecified atom stereocenters. The van der Waals surface area contributed by atoms with Crippen LogP contribution in [0.5, 0.6) is 0 Å². The molecule has 2 N–H and O–H groups in total. The highest BCUT2D eigenvalue weighted by molar-refractivity contribution is 14.1. The van der Waals surface area contributed by atoms with Crippen molar-refractivity contribution in [2.75, 3.05) is 15.5 Å². The summed E-state index contributed by atoms with van der Waals surface area (Å²) in [6.45, 7) is 8.20. The molecular formula is C55H52IN5O7S2. The van der Waals surface area contributed by atoms with Gasteiger partial charge in [-0.25, -0.2) is 14.6 Å². The number of oxime groups is 1. The Balaban J connectivity index is 1.12. The minimum absolute atomic E-state index is 0.113. The highest BCUT2D eigenvalue weighted by Gasteiger charge is 2.55. The molecule has 8 rings (SSSR count). The number of carbonyl (C=O) groups is 4. The van der Waals surface area contributed by atoms with E-state index in [1.807, 2.05) is 164 Å². The van der Waals surface area contributed by atoms with E-state index >= 15 is 0 Å². The normalized spacial score (nSPS) is 16.4. The monoisotopic (exact) mass is 1090 g/mol. The summed E-state index contributed by atoms with van der Waals surface area (Å²) >= 11 is 4.88. The molecule has 0 aliphatic carbocycles. The van der Waals surface area contributed by atoms with Crippen molar-refractivity contribution in [3.63, 3.8) is 0 Å². The minimum Gasteiger partial charge on any atom is -0.457 e. The number of allylic oxidation sites excluding steroid dienone is 2. The Hall–Kier alpha value is -6.56. The largest absolute Gasteiger partial charge is 0.457 e. The van der Waals surface area contributed by atoms with Crippen LogP contribution in [-0.4, -0.2) is 72.1 Å². The van der Waals surface area contributed by atoms with Crippen molar-refractivity contribution < 1.29 is 33.5 Å². The van der Waals surface area contributed by atoms with Crippen molar-refractivity contribution in [1.29, 1.82) is 0 Å². The maximum absolute atomic E-state index is 14.7. The number of hydrogen-bond donors (Lipinski definition) is 2. The van der Waals surface area contributed by atoms with Gasteiger partial charge in [0.05, 0.1) is 0 Å². The molecule has 1 fully saturated rings. The number of hydrogen-bond acceptors (Lipinski definition) is 12. The first-order valence-corrected chi connectivity index (χ1v) is 26.1. The van der Waals surface area contributed by atoms with Gasteiger partial charge in [-0.3, -0.25) is 14.5 Å². The number of rotatable bonds is 17. The minimum atomic E-state index is -1.64. The van der Waals surface area contributed by atoms with E-state index in [0.717, 1.165) is 27.8 Å². The zero-order chi connectivity index (χ0) is 49.5. The molecule has 358 valence electrons. The highest BCUT2D eigenvalue weighted by atomic mass is 127. The smallest absolute Gasteiger partial charge is 0.356 e. The van der Waals surface area contributed by atoms with Crippen LogP contribution in [-0.2, 0) is 39.0 Å². The first-order chi connectivity index (χ1) is 33.7. The Labute approximate surface area is 429 Å². The predicted molar refractivity (Wildman–Crippen MR) is 283 cm³/mol. The number of amides is 2. The van der Waals surface area contributed by atoms with Crippen molar-refractivity contribution >= 4 is 80.3 Å². The van der Waals surface area contributed by atoms with Gasteiger partial charge in [0.2, 0.25) is 5.60 Å². The van der Waals surface area contributed by atoms with Gasteiger partial charge in [-0.05, 0) is 68.0 Å². The maximum Gasteiger partial charge on any atom is 0.356 e. The van der Waals surface area contributed by atoms with E-state index < -0.39 is 58.0 Å². The Morgan fingerprint density at radius 3 is 1.81 bits per heavy atom. The van der Waals surface area contributed by atoms with Crippen LogP contribution in [0.25, 0.3) is 0 Å². The molecule has 0 bridgehead atoms. The van der Waals surface area contributed by atoms with Gasteiger partial charge in [-0.2, -0.15) is 0 Å². The SMILES string of the molecule is CC(C)(C)OC(=O)C(C)(C)O/N=C(/C(=O)NC1C(=O)N2C(C(=O)OC(c3ccccc3)c3ccccc3)=C(/C=C/CI)CS[C@H]12)c1csc(NC(c2ccccc2)(c2ccccc2)c2ccccc2)n1. The van der Waals surface area contributed by atoms with E-state index in [4.69, 9.17) is 19.3 Å². The van der Waals surface area contributed by atoms with Crippen molar-refractivity contribution in [2.24, 2.45) is 5.16 Å². The number of nitrogens with one attached hydrogen (secondary N) is 2. The van der Waals surface area contributed by atoms with E-state index in [1.54, 1.807) is 26.2 Å². The molecule has 1 aromatic heterocycles. The van der Waals surface area contributed by atoms with Crippen molar-refractivity contribution in [2.45, 2.75) is 68.9 Å². The van der Waals surface area contributed by atoms with Gasteiger partial charge in [-0.15, -0.1) is 23.1 Å². The lowest BCUT2D eigenvalue weighted by Crippen LogP contribution is -2.71. The Morgan fingerprint density at radius 1 is 0.800 bits per heavy atom. The zero-order valence-electron chi connectivity index (χ0n) is 39.2. The van der Waals surface area contributed by atoms with Crippen LogP contribution in [0.15, 0.2) is 186 Å². The Bertz CT molecular complexity index is 2770. The molecule has 2 aliphatic heterocycles. The summed E-state index contributed by atoms with van der Waals surface area (Å²) in [5.74, 6) is -2.31. The summed E-state index contributed by atoms with van der Waals surface area (Å²) in [7, 11) is 0. The number of carbonyl (C=O) groups excluding carboxylic acids is 4. The molecule has 5 aromatic carbocycles. The molecule has 0 radical (unpaired) electrons. The fourth-order valence-electron chi connectivity index (χ4n) is 8.09. The number of aromatic nitrogens is 1. The Morgan fingerprint density at radius 2 is 1.31 bits per heavy atom. The van der Waals surface area contributed by atoms with Crippen molar-refractivity contribution in [3.8, 4) is 0 Å². The standard InChI is InChI=1S/C55H52IN5O7S2/c1-53(2,3)67-51(65)54(4,5)68-60-43(42-35-70-52(57-42)59-55(39-27-15-8-16-28-39,40-29-17-9-18-30-40)41-31-19-10-20-32-41)47(62)58-44-48(63)61-45(38(26-21-33-56)34-69-49(44)61)50(64)66-46(36-22-11-6-12-23-36)37-24-13-7-14-25-37/h6-32,35,44,46,49H,33-34H2,1-5H3,(H,57,59)(H,58,62)/b26-21+,60-43+/t44?,49-/m1/s1. The van der Waals surface area contributed by atoms with Gasteiger partial charge < -0.3 is 24.9 Å². The lowest BCUT2D eigenvalue weighted by atomic mass is 9.77. The van der Waals surface area contributed by atoms with Crippen LogP contribution in [0.3, 0.4) is 0 Å². The fraction of sp³-hybridized carbons (Fsp3) is 0.236. The third kappa shape index (κ3) is 10.9. The van der Waals surface area contributed by atoms with Crippen molar-refractivity contribution in [1.82, 2.24) is 15.2 Å². The molecule has 2 amide bonds. The fourth-order valence-corrected chi connectivity index (χ4v) is 10.4. The van der Waals surface area contributed by atoms with E-state index in [9.17, 15) is 19.2 Å². The second kappa shape index (κ2) is 21.6. The van der Waals surface area contributed by atoms with E-state index in [0.29, 0.717) is 20.9 Å². The second-order valence-electron chi connectivity index (χ2n) is 18.0. The number of anilines is 1. The number of esters is 2. The topological polar surface area (TPSA) is 149 Å². The lowest BCUT2D eigenvalue weighted by molar-refractivity contribution is -0.179. The summed E-state index contributed by atoms with van der Waals surface area (Å²) in [5, 5.41) is 12.4. The molecule has 0 saturated carbocycles. The summed E-state index contributed by atoms with van der Waals surface area (Å²) < 4.78 is 12.6. The molecule has 2 atom stereocenters. The van der Waals surface area contributed by atoms with Crippen molar-refractivity contribution in [3.05, 3.63) is 214 Å². The molecule has 1 saturated heterocycles. The predicted octanol–water partition coefficient (Wildman–Crippen LogP) is 10.4. The lowest BCUT2D eigenvalue weighted by Gasteiger charge is -2.49. The van der Waals surface area contributed by atoms with Gasteiger partial charge in [-0.1, -0.05) is 192 Å². The van der Waals surface area contributed by atoms with Crippen LogP contribution in [0.4, 0.5) is 5.13 Å². The number of nitrogens with zero attached hydrogens (tertiary/aromatic N) is 3. The molecule has 6 aromatic rings. The van der Waals surface area contributed by atoms with E-state index in [1.165, 1.54) is 41.8 Å². The average molecular weight is 1090 g/mol. The average Bonchev–Trinajstić information content (AvgIpc) is 3.84. The molecule has 70 heavy (non-hydrogen) atoms. The van der Waals surface area contributed by atoms with Gasteiger partial charge >= 0.3 is 11.9 Å². The van der Waals surface area contributed by atoms with Gasteiger partial charge in [0.15, 0.2) is 16.9 Å². The van der Waals surface area contributed by atoms with Gasteiger partial charge in [0, 0.05) is 15.6 Å². The quantitative estimate of drug-likeness (QED) is 0.0172. The molecule has 2 aliphatic rings. The zero-order valence-corrected chi connectivity index (χ0v) is 43.0. The van der Waals surface area contributed by atoms with Crippen LogP contribution >= 0.6 is 45.7 Å². The summed E-state index contributed by atoms with van der Waals surface area (Å²) in [6, 6.07) is 47.8. The number of thioether (sulfide) groups is 1. The second-order valence-corrected chi connectivity index (χ2v) is 20.8. The number of β-lactam (4-membered cyclic amide) rings is 1. The number of fused-ring (bicyclic) bond motifs is 1. The molecule has 3 heterocycles. The number of ether oxygens (including phenoxy) is 2. The van der Waals surface area contributed by atoms with Crippen LogP contribution < -0.4 is 10.6 Å². The number of halogens is 1. The number of benzene rings is 5. The van der Waals surface area contributed by atoms with E-state index in [2.05, 4.69) is 38.4 Å². The van der Waals surface area contributed by atoms with Gasteiger partial charge in [0.25, 0.3) is 11.8 Å². The Kier molecular flexibility index (Phi) is 15.4. The molecule has 0 spiro atoms. The number of alkyl halides is 1. The van der Waals surface area contributed by atoms with Gasteiger partial charge in [0.1, 0.15) is 33.9 Å². The van der Waals surface area contributed by atoms with E-state index in [-0.39, 0.29) is 17.1 Å². The first kappa shape index (κ1) is 49.8. The molecule has 12 nitrogen and oxygen atoms in total. The summed E-state index contributed by atoms with van der Waals surface area (Å²) in [6.07, 6.45) is 3.01. The maximum atomic E-state index is 14.7. The van der Waals surface area contributed by atoms with Crippen LogP contribution in [0.2, 0.25) is 0 Å². The highest BCUT2D eigenvalue weighted by Crippen LogP contribution is 2.43.